The Kier molecular flexibility index (Phi) is 9.31. The van der Waals surface area contributed by atoms with Crippen LogP contribution in [0.4, 0.5) is 9.80 Å². The van der Waals surface area contributed by atoms with Gasteiger partial charge in [-0.15, -0.1) is 22.7 Å². The quantitative estimate of drug-likeness (QED) is 0.221. The minimum atomic E-state index is -0.441. The molecule has 0 unspecified atom stereocenters. The predicted molar refractivity (Wildman–Crippen MR) is 162 cm³/mol. The van der Waals surface area contributed by atoms with E-state index in [-0.39, 0.29) is 23.9 Å². The van der Waals surface area contributed by atoms with Crippen molar-refractivity contribution in [2.45, 2.75) is 20.4 Å². The summed E-state index contributed by atoms with van der Waals surface area (Å²) in [7, 11) is 1.52. The van der Waals surface area contributed by atoms with Crippen LogP contribution in [0, 0.1) is 0 Å². The Morgan fingerprint density at radius 3 is 2.08 bits per heavy atom. The molecule has 0 aliphatic carbocycles. The molecule has 206 valence electrons. The van der Waals surface area contributed by atoms with Gasteiger partial charge in [0.25, 0.3) is 5.56 Å². The number of thiophene rings is 2. The van der Waals surface area contributed by atoms with E-state index in [1.807, 2.05) is 71.4 Å². The maximum atomic E-state index is 12.4. The van der Waals surface area contributed by atoms with Gasteiger partial charge in [0.1, 0.15) is 15.4 Å². The zero-order valence-corrected chi connectivity index (χ0v) is 23.8. The highest BCUT2D eigenvalue weighted by Crippen LogP contribution is 2.36. The first-order valence-electron chi connectivity index (χ1n) is 12.5. The number of anilines is 1. The highest BCUT2D eigenvalue weighted by atomic mass is 32.1. The van der Waals surface area contributed by atoms with E-state index in [0.717, 1.165) is 22.3 Å². The molecule has 9 nitrogen and oxygen atoms in total. The van der Waals surface area contributed by atoms with E-state index < -0.39 is 5.97 Å². The van der Waals surface area contributed by atoms with E-state index >= 15 is 0 Å². The van der Waals surface area contributed by atoms with E-state index in [2.05, 4.69) is 15.6 Å². The number of carbonyl (C=O) groups is 2. The third-order valence-corrected chi connectivity index (χ3v) is 7.72. The molecule has 3 heterocycles. The minimum absolute atomic E-state index is 0.221. The van der Waals surface area contributed by atoms with Gasteiger partial charge in [0.2, 0.25) is 0 Å². The molecule has 0 saturated carbocycles. The molecule has 11 heteroatoms. The normalized spacial score (nSPS) is 10.5. The first-order valence-corrected chi connectivity index (χ1v) is 14.3. The summed E-state index contributed by atoms with van der Waals surface area (Å²) in [6, 6.07) is 18.9. The highest BCUT2D eigenvalue weighted by molar-refractivity contribution is 7.17. The number of esters is 1. The molecule has 40 heavy (non-hydrogen) atoms. The van der Waals surface area contributed by atoms with Crippen LogP contribution >= 0.6 is 22.7 Å². The molecule has 0 aliphatic rings. The van der Waals surface area contributed by atoms with Crippen molar-refractivity contribution in [2.75, 3.05) is 19.0 Å². The number of hydrogen-bond acceptors (Lipinski definition) is 7. The Labute approximate surface area is 238 Å². The number of ether oxygens (including phenoxy) is 1. The molecule has 3 N–H and O–H groups in total. The van der Waals surface area contributed by atoms with Crippen LogP contribution in [-0.2, 0) is 11.3 Å². The van der Waals surface area contributed by atoms with Crippen LogP contribution in [-0.4, -0.2) is 35.2 Å². The topological polar surface area (TPSA) is 122 Å². The minimum Gasteiger partial charge on any atom is -0.462 e. The van der Waals surface area contributed by atoms with Crippen molar-refractivity contribution in [3.63, 3.8) is 0 Å². The van der Waals surface area contributed by atoms with Gasteiger partial charge in [0.05, 0.1) is 12.0 Å². The molecule has 5 aromatic rings. The summed E-state index contributed by atoms with van der Waals surface area (Å²) >= 11 is 2.68. The van der Waals surface area contributed by atoms with Crippen LogP contribution in [0.3, 0.4) is 0 Å². The zero-order valence-electron chi connectivity index (χ0n) is 22.1. The number of aromatic nitrogens is 2. The third-order valence-electron chi connectivity index (χ3n) is 5.93. The van der Waals surface area contributed by atoms with Crippen LogP contribution in [0.15, 0.2) is 81.0 Å². The van der Waals surface area contributed by atoms with Gasteiger partial charge in [0, 0.05) is 35.5 Å². The van der Waals surface area contributed by atoms with E-state index in [4.69, 9.17) is 4.74 Å². The SMILES string of the molecule is CCOC(=O)c1c(-c2ccccc2)csc1NC(=O)NC.CCn1c(=O)[nH]c2scc(-c3ccccc3)c2c1=O. The first kappa shape index (κ1) is 28.5. The molecular weight excluding hydrogens is 548 g/mol. The number of H-pyrrole nitrogens is 1. The lowest BCUT2D eigenvalue weighted by molar-refractivity contribution is 0.0529. The fraction of sp³-hybridized carbons (Fsp3) is 0.172. The van der Waals surface area contributed by atoms with Crippen molar-refractivity contribution in [3.8, 4) is 22.3 Å². The number of fused-ring (bicyclic) bond motifs is 1. The first-order chi connectivity index (χ1) is 19.4. The second kappa shape index (κ2) is 13.0. The Morgan fingerprint density at radius 1 is 0.900 bits per heavy atom. The van der Waals surface area contributed by atoms with Crippen molar-refractivity contribution < 1.29 is 14.3 Å². The summed E-state index contributed by atoms with van der Waals surface area (Å²) < 4.78 is 6.32. The van der Waals surface area contributed by atoms with Crippen LogP contribution < -0.4 is 21.9 Å². The van der Waals surface area contributed by atoms with E-state index in [9.17, 15) is 19.2 Å². The molecular formula is C29H28N4O5S2. The van der Waals surface area contributed by atoms with Crippen LogP contribution in [0.2, 0.25) is 0 Å². The molecule has 3 aromatic heterocycles. The maximum Gasteiger partial charge on any atom is 0.341 e. The third kappa shape index (κ3) is 6.05. The lowest BCUT2D eigenvalue weighted by Gasteiger charge is -2.08. The Hall–Kier alpha value is -4.48. The van der Waals surface area contributed by atoms with Gasteiger partial charge in [-0.1, -0.05) is 60.7 Å². The molecule has 0 atom stereocenters. The molecule has 2 aromatic carbocycles. The summed E-state index contributed by atoms with van der Waals surface area (Å²) in [6.07, 6.45) is 0. The number of urea groups is 1. The van der Waals surface area contributed by atoms with Gasteiger partial charge >= 0.3 is 17.7 Å². The van der Waals surface area contributed by atoms with Gasteiger partial charge in [-0.05, 0) is 25.0 Å². The van der Waals surface area contributed by atoms with Gasteiger partial charge < -0.3 is 10.1 Å². The van der Waals surface area contributed by atoms with Crippen molar-refractivity contribution in [3.05, 3.63) is 97.8 Å². The second-order valence-electron chi connectivity index (χ2n) is 8.34. The van der Waals surface area contributed by atoms with Crippen LogP contribution in [0.1, 0.15) is 24.2 Å². The molecule has 0 aliphatic heterocycles. The number of carbonyl (C=O) groups excluding carboxylic acids is 2. The van der Waals surface area contributed by atoms with Crippen LogP contribution in [0.25, 0.3) is 32.5 Å². The summed E-state index contributed by atoms with van der Waals surface area (Å²) in [5.41, 5.74) is 3.34. The van der Waals surface area contributed by atoms with Gasteiger partial charge in [-0.3, -0.25) is 19.7 Å². The molecule has 0 fully saturated rings. The largest absolute Gasteiger partial charge is 0.462 e. The fourth-order valence-electron chi connectivity index (χ4n) is 4.02. The van der Waals surface area contributed by atoms with E-state index in [1.165, 1.54) is 34.3 Å². The Balaban J connectivity index is 0.000000186. The molecule has 2 amide bonds. The number of nitrogens with one attached hydrogen (secondary N) is 3. The highest BCUT2D eigenvalue weighted by Gasteiger charge is 2.22. The predicted octanol–water partition coefficient (Wildman–Crippen LogP) is 5.78. The maximum absolute atomic E-state index is 12.4. The lowest BCUT2D eigenvalue weighted by Crippen LogP contribution is -2.34. The number of nitrogens with zero attached hydrogens (tertiary/aromatic N) is 1. The standard InChI is InChI=1S/C15H16N2O3S.C14H12N2O2S/c1-3-20-14(18)12-11(10-7-5-4-6-8-10)9-21-13(12)17-15(19)16-2;1-2-16-13(17)11-10(9-6-4-3-5-7-9)8-19-12(11)15-14(16)18/h4-9H,3H2,1-2H3,(H2,16,17,19);3-8H,2H2,1H3,(H,15,18). The van der Waals surface area contributed by atoms with Crippen molar-refractivity contribution in [2.24, 2.45) is 0 Å². The molecule has 0 spiro atoms. The monoisotopic (exact) mass is 576 g/mol. The Bertz CT molecular complexity index is 1740. The fourth-order valence-corrected chi connectivity index (χ4v) is 5.93. The summed E-state index contributed by atoms with van der Waals surface area (Å²) in [6.45, 7) is 4.19. The second-order valence-corrected chi connectivity index (χ2v) is 10.1. The zero-order chi connectivity index (χ0) is 28.6. The van der Waals surface area contributed by atoms with Gasteiger partial charge in [0.15, 0.2) is 0 Å². The number of aromatic amines is 1. The number of amides is 2. The molecule has 0 radical (unpaired) electrons. The van der Waals surface area contributed by atoms with E-state index in [1.54, 1.807) is 13.8 Å². The summed E-state index contributed by atoms with van der Waals surface area (Å²) in [5.74, 6) is -0.441. The smallest absolute Gasteiger partial charge is 0.341 e. The van der Waals surface area contributed by atoms with Crippen molar-refractivity contribution >= 4 is 49.9 Å². The van der Waals surface area contributed by atoms with Crippen molar-refractivity contribution in [1.82, 2.24) is 14.9 Å². The molecule has 0 saturated heterocycles. The molecule has 0 bridgehead atoms. The number of hydrogen-bond donors (Lipinski definition) is 3. The molecule has 5 rings (SSSR count). The lowest BCUT2D eigenvalue weighted by atomic mass is 10.0. The van der Waals surface area contributed by atoms with Crippen LogP contribution in [0.5, 0.6) is 0 Å². The summed E-state index contributed by atoms with van der Waals surface area (Å²) in [4.78, 5) is 51.2. The average Bonchev–Trinajstić information content (AvgIpc) is 3.59. The summed E-state index contributed by atoms with van der Waals surface area (Å²) in [5, 5.41) is 9.95. The van der Waals surface area contributed by atoms with E-state index in [0.29, 0.717) is 27.3 Å². The average molecular weight is 577 g/mol. The number of benzene rings is 2. The van der Waals surface area contributed by atoms with Gasteiger partial charge in [-0.2, -0.15) is 0 Å². The van der Waals surface area contributed by atoms with Crippen molar-refractivity contribution in [1.29, 1.82) is 0 Å². The van der Waals surface area contributed by atoms with Gasteiger partial charge in [-0.25, -0.2) is 14.4 Å². The number of rotatable bonds is 6. The Morgan fingerprint density at radius 2 is 1.50 bits per heavy atom.